The van der Waals surface area contributed by atoms with Crippen molar-refractivity contribution in [1.29, 1.82) is 0 Å². The first-order chi connectivity index (χ1) is 11.4. The molecule has 1 N–H and O–H groups in total. The fourth-order valence-electron chi connectivity index (χ4n) is 1.98. The predicted molar refractivity (Wildman–Crippen MR) is 92.0 cm³/mol. The number of hydrogen-bond donors (Lipinski definition) is 1. The average Bonchev–Trinajstić information content (AvgIpc) is 2.99. The van der Waals surface area contributed by atoms with Gasteiger partial charge >= 0.3 is 0 Å². The number of ether oxygens (including phenoxy) is 1. The van der Waals surface area contributed by atoms with E-state index in [2.05, 4.69) is 9.71 Å². The maximum atomic E-state index is 12.2. The number of anilines is 1. The van der Waals surface area contributed by atoms with Gasteiger partial charge in [0.25, 0.3) is 10.0 Å². The van der Waals surface area contributed by atoms with Gasteiger partial charge < -0.3 is 9.30 Å². The third-order valence-electron chi connectivity index (χ3n) is 3.13. The Morgan fingerprint density at radius 3 is 2.46 bits per heavy atom. The second kappa shape index (κ2) is 6.54. The minimum absolute atomic E-state index is 0.0404. The molecule has 0 aliphatic heterocycles. The third-order valence-corrected chi connectivity index (χ3v) is 4.71. The minimum Gasteiger partial charge on any atom is -0.456 e. The van der Waals surface area contributed by atoms with Gasteiger partial charge in [0.05, 0.1) is 11.3 Å². The fourth-order valence-corrected chi connectivity index (χ4v) is 3.20. The van der Waals surface area contributed by atoms with Crippen LogP contribution in [0.1, 0.15) is 0 Å². The van der Waals surface area contributed by atoms with Crippen LogP contribution in [-0.2, 0) is 17.1 Å². The van der Waals surface area contributed by atoms with Crippen LogP contribution in [0, 0.1) is 0 Å². The van der Waals surface area contributed by atoms with E-state index in [0.29, 0.717) is 22.2 Å². The smallest absolute Gasteiger partial charge is 0.280 e. The Bertz CT molecular complexity index is 953. The maximum Gasteiger partial charge on any atom is 0.280 e. The second-order valence-electron chi connectivity index (χ2n) is 5.04. The van der Waals surface area contributed by atoms with Crippen LogP contribution in [0.4, 0.5) is 5.69 Å². The van der Waals surface area contributed by atoms with Gasteiger partial charge in [0.1, 0.15) is 11.5 Å². The summed E-state index contributed by atoms with van der Waals surface area (Å²) < 4.78 is 34.1. The van der Waals surface area contributed by atoms with E-state index in [0.717, 1.165) is 0 Å². The number of nitrogens with one attached hydrogen (secondary N) is 1. The summed E-state index contributed by atoms with van der Waals surface area (Å²) in [5.74, 6) is 1.07. The SMILES string of the molecule is Cn1cnc(S(=O)(=O)Nc2ccc(Oc3ccccc3Cl)cc2)c1. The highest BCUT2D eigenvalue weighted by molar-refractivity contribution is 7.92. The predicted octanol–water partition coefficient (Wildman–Crippen LogP) is 3.67. The van der Waals surface area contributed by atoms with Crippen LogP contribution in [0.5, 0.6) is 11.5 Å². The number of benzene rings is 2. The Hall–Kier alpha value is -2.51. The molecule has 0 saturated carbocycles. The molecular weight excluding hydrogens is 350 g/mol. The Labute approximate surface area is 144 Å². The number of para-hydroxylation sites is 1. The lowest BCUT2D eigenvalue weighted by molar-refractivity contribution is 0.483. The largest absolute Gasteiger partial charge is 0.456 e. The molecule has 3 rings (SSSR count). The number of hydrogen-bond acceptors (Lipinski definition) is 4. The molecule has 124 valence electrons. The topological polar surface area (TPSA) is 73.2 Å². The fraction of sp³-hybridized carbons (Fsp3) is 0.0625. The van der Waals surface area contributed by atoms with Crippen LogP contribution in [-0.4, -0.2) is 18.0 Å². The zero-order valence-corrected chi connectivity index (χ0v) is 14.3. The lowest BCUT2D eigenvalue weighted by Crippen LogP contribution is -2.13. The van der Waals surface area contributed by atoms with Gasteiger partial charge in [-0.05, 0) is 36.4 Å². The monoisotopic (exact) mass is 363 g/mol. The number of sulfonamides is 1. The summed E-state index contributed by atoms with van der Waals surface area (Å²) in [6, 6.07) is 13.6. The molecule has 3 aromatic rings. The average molecular weight is 364 g/mol. The lowest BCUT2D eigenvalue weighted by atomic mass is 10.3. The van der Waals surface area contributed by atoms with Gasteiger partial charge in [-0.15, -0.1) is 0 Å². The van der Waals surface area contributed by atoms with Crippen LogP contribution < -0.4 is 9.46 Å². The van der Waals surface area contributed by atoms with Crippen molar-refractivity contribution in [3.63, 3.8) is 0 Å². The molecule has 1 heterocycles. The number of rotatable bonds is 5. The first kappa shape index (κ1) is 16.4. The Morgan fingerprint density at radius 1 is 1.12 bits per heavy atom. The van der Waals surface area contributed by atoms with Gasteiger partial charge in [0, 0.05) is 18.9 Å². The molecule has 6 nitrogen and oxygen atoms in total. The van der Waals surface area contributed by atoms with Crippen molar-refractivity contribution in [2.45, 2.75) is 5.03 Å². The van der Waals surface area contributed by atoms with Gasteiger partial charge in [-0.3, -0.25) is 4.72 Å². The van der Waals surface area contributed by atoms with Gasteiger partial charge in [0.2, 0.25) is 0 Å². The number of aryl methyl sites for hydroxylation is 1. The van der Waals surface area contributed by atoms with Gasteiger partial charge in [-0.1, -0.05) is 23.7 Å². The molecule has 1 aromatic heterocycles. The van der Waals surface area contributed by atoms with E-state index in [4.69, 9.17) is 16.3 Å². The Kier molecular flexibility index (Phi) is 4.46. The Balaban J connectivity index is 1.74. The highest BCUT2D eigenvalue weighted by Crippen LogP contribution is 2.29. The van der Waals surface area contributed by atoms with Crippen molar-refractivity contribution < 1.29 is 13.2 Å². The number of nitrogens with zero attached hydrogens (tertiary/aromatic N) is 2. The van der Waals surface area contributed by atoms with E-state index in [1.165, 1.54) is 12.5 Å². The molecule has 8 heteroatoms. The Morgan fingerprint density at radius 2 is 1.83 bits per heavy atom. The van der Waals surface area contributed by atoms with E-state index >= 15 is 0 Å². The summed E-state index contributed by atoms with van der Waals surface area (Å²) in [6.07, 6.45) is 2.85. The summed E-state index contributed by atoms with van der Waals surface area (Å²) in [5, 5.41) is 0.457. The zero-order valence-electron chi connectivity index (χ0n) is 12.7. The molecule has 0 spiro atoms. The second-order valence-corrected chi connectivity index (χ2v) is 7.08. The molecule has 0 bridgehead atoms. The van der Waals surface area contributed by atoms with Crippen molar-refractivity contribution in [3.8, 4) is 11.5 Å². The molecular formula is C16H14ClN3O3S. The maximum absolute atomic E-state index is 12.2. The van der Waals surface area contributed by atoms with Gasteiger partial charge in [-0.25, -0.2) is 4.98 Å². The van der Waals surface area contributed by atoms with E-state index in [9.17, 15) is 8.42 Å². The van der Waals surface area contributed by atoms with Crippen molar-refractivity contribution in [1.82, 2.24) is 9.55 Å². The van der Waals surface area contributed by atoms with E-state index < -0.39 is 10.0 Å². The molecule has 0 amide bonds. The zero-order chi connectivity index (χ0) is 17.2. The quantitative estimate of drug-likeness (QED) is 0.750. The molecule has 2 aromatic carbocycles. The molecule has 24 heavy (non-hydrogen) atoms. The standard InChI is InChI=1S/C16H14ClN3O3S/c1-20-10-16(18-11-20)24(21,22)19-12-6-8-13(9-7-12)23-15-5-3-2-4-14(15)17/h2-11,19H,1H3. The molecule has 0 fully saturated rings. The summed E-state index contributed by atoms with van der Waals surface area (Å²) in [7, 11) is -2.01. The van der Waals surface area contributed by atoms with Crippen molar-refractivity contribution >= 4 is 27.3 Å². The molecule has 0 aliphatic rings. The number of aromatic nitrogens is 2. The van der Waals surface area contributed by atoms with Crippen molar-refractivity contribution in [2.24, 2.45) is 7.05 Å². The van der Waals surface area contributed by atoms with E-state index in [1.54, 1.807) is 48.0 Å². The third kappa shape index (κ3) is 3.69. The van der Waals surface area contributed by atoms with Crippen LogP contribution >= 0.6 is 11.6 Å². The summed E-state index contributed by atoms with van der Waals surface area (Å²) in [5.41, 5.74) is 0.409. The van der Waals surface area contributed by atoms with Crippen molar-refractivity contribution in [3.05, 3.63) is 66.1 Å². The molecule has 0 saturated heterocycles. The van der Waals surface area contributed by atoms with Crippen LogP contribution in [0.3, 0.4) is 0 Å². The minimum atomic E-state index is -3.71. The summed E-state index contributed by atoms with van der Waals surface area (Å²) in [4.78, 5) is 3.84. The van der Waals surface area contributed by atoms with Gasteiger partial charge in [0.15, 0.2) is 5.03 Å². The van der Waals surface area contributed by atoms with E-state index in [1.807, 2.05) is 12.1 Å². The van der Waals surface area contributed by atoms with Crippen LogP contribution in [0.2, 0.25) is 5.02 Å². The lowest BCUT2D eigenvalue weighted by Gasteiger charge is -2.09. The molecule has 0 atom stereocenters. The molecule has 0 unspecified atom stereocenters. The highest BCUT2D eigenvalue weighted by Gasteiger charge is 2.17. The van der Waals surface area contributed by atoms with Crippen molar-refractivity contribution in [2.75, 3.05) is 4.72 Å². The first-order valence-electron chi connectivity index (χ1n) is 6.97. The van der Waals surface area contributed by atoms with Crippen LogP contribution in [0.15, 0.2) is 66.1 Å². The highest BCUT2D eigenvalue weighted by atomic mass is 35.5. The summed E-state index contributed by atoms with van der Waals surface area (Å²) >= 11 is 6.04. The van der Waals surface area contributed by atoms with Gasteiger partial charge in [-0.2, -0.15) is 8.42 Å². The summed E-state index contributed by atoms with van der Waals surface area (Å²) in [6.45, 7) is 0. The normalized spacial score (nSPS) is 11.2. The first-order valence-corrected chi connectivity index (χ1v) is 8.83. The molecule has 0 radical (unpaired) electrons. The van der Waals surface area contributed by atoms with Crippen LogP contribution in [0.25, 0.3) is 0 Å². The van der Waals surface area contributed by atoms with E-state index in [-0.39, 0.29) is 5.03 Å². The molecule has 0 aliphatic carbocycles. The number of imidazole rings is 1. The number of halogens is 1.